The van der Waals surface area contributed by atoms with Crippen molar-refractivity contribution in [1.82, 2.24) is 5.32 Å². The van der Waals surface area contributed by atoms with Crippen LogP contribution in [0.25, 0.3) is 0 Å². The quantitative estimate of drug-likeness (QED) is 0.479. The molecule has 3 heteroatoms. The first-order chi connectivity index (χ1) is 13.0. The van der Waals surface area contributed by atoms with E-state index in [2.05, 4.69) is 112 Å². The van der Waals surface area contributed by atoms with Crippen LogP contribution in [0.5, 0.6) is 0 Å². The number of benzene rings is 3. The van der Waals surface area contributed by atoms with Gasteiger partial charge in [-0.05, 0) is 37.5 Å². The third kappa shape index (κ3) is 3.93. The molecule has 1 amide bonds. The zero-order chi connectivity index (χ0) is 19.4. The van der Waals surface area contributed by atoms with Gasteiger partial charge in [0.1, 0.15) is 5.54 Å². The number of aryl methyl sites for hydroxylation is 3. The number of thiol groups is 1. The fourth-order valence-electron chi connectivity index (χ4n) is 3.38. The number of rotatable bonds is 5. The Bertz CT molecular complexity index is 801. The molecule has 0 fully saturated rings. The number of amides is 1. The highest BCUT2D eigenvalue weighted by Gasteiger charge is 2.37. The summed E-state index contributed by atoms with van der Waals surface area (Å²) in [5, 5.41) is 3.27. The van der Waals surface area contributed by atoms with Gasteiger partial charge in [-0.3, -0.25) is 4.79 Å². The monoisotopic (exact) mass is 375 g/mol. The molecule has 0 aliphatic carbocycles. The second kappa shape index (κ2) is 8.01. The molecule has 138 valence electrons. The van der Waals surface area contributed by atoms with Gasteiger partial charge in [-0.2, -0.15) is 12.6 Å². The molecule has 0 heterocycles. The van der Waals surface area contributed by atoms with Crippen LogP contribution in [0.3, 0.4) is 0 Å². The standard InChI is InChI=1S/C24H25NOS/c1-17-4-10-20(11-5-17)24(25-23(26)16-27,21-12-6-18(2)7-13-21)22-14-8-19(3)9-15-22/h4-15,27H,16H2,1-3H3,(H,25,26). The second-order valence-electron chi connectivity index (χ2n) is 7.05. The van der Waals surface area contributed by atoms with Crippen molar-refractivity contribution in [2.75, 3.05) is 5.75 Å². The molecule has 3 rings (SSSR count). The van der Waals surface area contributed by atoms with Crippen molar-refractivity contribution in [1.29, 1.82) is 0 Å². The van der Waals surface area contributed by atoms with E-state index in [0.29, 0.717) is 0 Å². The van der Waals surface area contributed by atoms with Crippen LogP contribution in [-0.2, 0) is 10.3 Å². The summed E-state index contributed by atoms with van der Waals surface area (Å²) in [5.41, 5.74) is 5.85. The number of carbonyl (C=O) groups is 1. The van der Waals surface area contributed by atoms with E-state index in [1.54, 1.807) is 0 Å². The molecule has 0 aliphatic heterocycles. The van der Waals surface area contributed by atoms with Crippen LogP contribution in [0, 0.1) is 20.8 Å². The van der Waals surface area contributed by atoms with E-state index in [1.165, 1.54) is 16.7 Å². The van der Waals surface area contributed by atoms with Gasteiger partial charge in [0.05, 0.1) is 5.75 Å². The third-order valence-corrected chi connectivity index (χ3v) is 5.21. The highest BCUT2D eigenvalue weighted by Crippen LogP contribution is 2.37. The summed E-state index contributed by atoms with van der Waals surface area (Å²) in [5.74, 6) is 0.0192. The van der Waals surface area contributed by atoms with Crippen molar-refractivity contribution in [3.8, 4) is 0 Å². The normalized spacial score (nSPS) is 11.3. The predicted octanol–water partition coefficient (Wildman–Crippen LogP) is 4.95. The SMILES string of the molecule is Cc1ccc(C(NC(=O)CS)(c2ccc(C)cc2)c2ccc(C)cc2)cc1. The summed E-state index contributed by atoms with van der Waals surface area (Å²) in [7, 11) is 0. The number of carbonyl (C=O) groups excluding carboxylic acids is 1. The van der Waals surface area contributed by atoms with E-state index in [1.807, 2.05) is 0 Å². The Morgan fingerprint density at radius 1 is 0.704 bits per heavy atom. The minimum Gasteiger partial charge on any atom is -0.338 e. The van der Waals surface area contributed by atoms with Crippen molar-refractivity contribution in [2.45, 2.75) is 26.3 Å². The van der Waals surface area contributed by atoms with Crippen molar-refractivity contribution in [3.63, 3.8) is 0 Å². The molecule has 0 aliphatic rings. The zero-order valence-electron chi connectivity index (χ0n) is 16.0. The smallest absolute Gasteiger partial charge is 0.230 e. The van der Waals surface area contributed by atoms with Crippen LogP contribution >= 0.6 is 12.6 Å². The molecule has 3 aromatic rings. The Morgan fingerprint density at radius 3 is 1.26 bits per heavy atom. The Labute approximate surface area is 167 Å². The molecule has 0 aromatic heterocycles. The van der Waals surface area contributed by atoms with Crippen LogP contribution in [0.4, 0.5) is 0 Å². The Balaban J connectivity index is 2.32. The fourth-order valence-corrected chi connectivity index (χ4v) is 3.45. The van der Waals surface area contributed by atoms with Gasteiger partial charge in [-0.25, -0.2) is 0 Å². The van der Waals surface area contributed by atoms with E-state index >= 15 is 0 Å². The lowest BCUT2D eigenvalue weighted by molar-refractivity contribution is -0.119. The predicted molar refractivity (Wildman–Crippen MR) is 115 cm³/mol. The molecule has 0 spiro atoms. The average Bonchev–Trinajstić information content (AvgIpc) is 2.68. The molecule has 0 atom stereocenters. The lowest BCUT2D eigenvalue weighted by Crippen LogP contribution is -2.48. The number of nitrogens with one attached hydrogen (secondary N) is 1. The van der Waals surface area contributed by atoms with Crippen LogP contribution in [0.1, 0.15) is 33.4 Å². The molecule has 2 nitrogen and oxygen atoms in total. The summed E-state index contributed by atoms with van der Waals surface area (Å²) in [6, 6.07) is 25.0. The lowest BCUT2D eigenvalue weighted by Gasteiger charge is -2.37. The van der Waals surface area contributed by atoms with Gasteiger partial charge in [-0.1, -0.05) is 89.5 Å². The highest BCUT2D eigenvalue weighted by atomic mass is 32.1. The van der Waals surface area contributed by atoms with Crippen molar-refractivity contribution >= 4 is 18.5 Å². The molecule has 0 saturated carbocycles. The lowest BCUT2D eigenvalue weighted by atomic mass is 9.76. The molecule has 27 heavy (non-hydrogen) atoms. The molecule has 3 aromatic carbocycles. The minimum absolute atomic E-state index is 0.111. The second-order valence-corrected chi connectivity index (χ2v) is 7.37. The molecule has 0 bridgehead atoms. The first kappa shape index (κ1) is 19.2. The molecule has 0 radical (unpaired) electrons. The largest absolute Gasteiger partial charge is 0.338 e. The van der Waals surface area contributed by atoms with Gasteiger partial charge in [0.2, 0.25) is 5.91 Å². The van der Waals surface area contributed by atoms with E-state index in [0.717, 1.165) is 16.7 Å². The van der Waals surface area contributed by atoms with E-state index in [9.17, 15) is 4.79 Å². The topological polar surface area (TPSA) is 29.1 Å². The number of hydrogen-bond donors (Lipinski definition) is 2. The van der Waals surface area contributed by atoms with Gasteiger partial charge in [-0.15, -0.1) is 0 Å². The van der Waals surface area contributed by atoms with E-state index in [4.69, 9.17) is 0 Å². The van der Waals surface area contributed by atoms with Gasteiger partial charge < -0.3 is 5.32 Å². The summed E-state index contributed by atoms with van der Waals surface area (Å²) < 4.78 is 0. The van der Waals surface area contributed by atoms with Crippen LogP contribution in [0.15, 0.2) is 72.8 Å². The molecule has 1 N–H and O–H groups in total. The van der Waals surface area contributed by atoms with Crippen molar-refractivity contribution < 1.29 is 4.79 Å². The average molecular weight is 376 g/mol. The Morgan fingerprint density at radius 2 is 1.00 bits per heavy atom. The van der Waals surface area contributed by atoms with E-state index in [-0.39, 0.29) is 11.7 Å². The first-order valence-electron chi connectivity index (χ1n) is 9.09. The molecule has 0 saturated heterocycles. The third-order valence-electron chi connectivity index (χ3n) is 4.92. The molecular formula is C24H25NOS. The van der Waals surface area contributed by atoms with Gasteiger partial charge >= 0.3 is 0 Å². The zero-order valence-corrected chi connectivity index (χ0v) is 16.9. The highest BCUT2D eigenvalue weighted by molar-refractivity contribution is 7.81. The maximum absolute atomic E-state index is 12.6. The first-order valence-corrected chi connectivity index (χ1v) is 9.72. The number of hydrogen-bond acceptors (Lipinski definition) is 2. The maximum atomic E-state index is 12.6. The fraction of sp³-hybridized carbons (Fsp3) is 0.208. The summed E-state index contributed by atoms with van der Waals surface area (Å²) in [4.78, 5) is 12.6. The van der Waals surface area contributed by atoms with Crippen LogP contribution < -0.4 is 5.32 Å². The molecular weight excluding hydrogens is 350 g/mol. The minimum atomic E-state index is -0.769. The molecule has 0 unspecified atom stereocenters. The van der Waals surface area contributed by atoms with Gasteiger partial charge in [0, 0.05) is 0 Å². The summed E-state index contributed by atoms with van der Waals surface area (Å²) in [6.07, 6.45) is 0. The van der Waals surface area contributed by atoms with Crippen molar-refractivity contribution in [3.05, 3.63) is 106 Å². The summed E-state index contributed by atoms with van der Waals surface area (Å²) >= 11 is 4.20. The summed E-state index contributed by atoms with van der Waals surface area (Å²) in [6.45, 7) is 6.19. The van der Waals surface area contributed by atoms with Crippen molar-refractivity contribution in [2.24, 2.45) is 0 Å². The van der Waals surface area contributed by atoms with Crippen LogP contribution in [0.2, 0.25) is 0 Å². The van der Waals surface area contributed by atoms with Gasteiger partial charge in [0.25, 0.3) is 0 Å². The maximum Gasteiger partial charge on any atom is 0.230 e. The Hall–Kier alpha value is -2.52. The van der Waals surface area contributed by atoms with Gasteiger partial charge in [0.15, 0.2) is 0 Å². The Kier molecular flexibility index (Phi) is 5.71. The van der Waals surface area contributed by atoms with E-state index < -0.39 is 5.54 Å². The van der Waals surface area contributed by atoms with Crippen LogP contribution in [-0.4, -0.2) is 11.7 Å².